The molecule has 0 spiro atoms. The van der Waals surface area contributed by atoms with Gasteiger partial charge in [0.2, 0.25) is 0 Å². The van der Waals surface area contributed by atoms with Gasteiger partial charge in [0.1, 0.15) is 0 Å². The third-order valence-electron chi connectivity index (χ3n) is 4.34. The molecule has 5 nitrogen and oxygen atoms in total. The first-order valence-electron chi connectivity index (χ1n) is 8.34. The lowest BCUT2D eigenvalue weighted by molar-refractivity contribution is 0.0931. The van der Waals surface area contributed by atoms with Crippen molar-refractivity contribution in [2.75, 3.05) is 33.7 Å². The molecule has 3 rings (SSSR count). The zero-order valence-corrected chi connectivity index (χ0v) is 16.1. The van der Waals surface area contributed by atoms with Gasteiger partial charge in [-0.25, -0.2) is 0 Å². The van der Waals surface area contributed by atoms with Crippen LogP contribution in [0.3, 0.4) is 0 Å². The van der Waals surface area contributed by atoms with Crippen molar-refractivity contribution >= 4 is 28.8 Å². The van der Waals surface area contributed by atoms with E-state index in [1.807, 2.05) is 24.4 Å². The van der Waals surface area contributed by atoms with Gasteiger partial charge in [0.15, 0.2) is 0 Å². The number of halogens is 1. The fourth-order valence-corrected chi connectivity index (χ4v) is 4.25. The number of amides is 1. The van der Waals surface area contributed by atoms with Crippen molar-refractivity contribution in [3.8, 4) is 0 Å². The average Bonchev–Trinajstić information content (AvgIpc) is 3.15. The average molecular weight is 379 g/mol. The predicted octanol–water partition coefficient (Wildman–Crippen LogP) is 2.59. The quantitative estimate of drug-likeness (QED) is 0.839. The Morgan fingerprint density at radius 1 is 1.36 bits per heavy atom. The molecule has 3 heterocycles. The fraction of sp³-hybridized carbons (Fsp3) is 0.444. The molecule has 2 aromatic rings. The minimum Gasteiger partial charge on any atom is -0.347 e. The van der Waals surface area contributed by atoms with E-state index in [-0.39, 0.29) is 11.9 Å². The smallest absolute Gasteiger partial charge is 0.261 e. The van der Waals surface area contributed by atoms with E-state index >= 15 is 0 Å². The first-order chi connectivity index (χ1) is 12.0. The van der Waals surface area contributed by atoms with Crippen molar-refractivity contribution in [1.29, 1.82) is 0 Å². The monoisotopic (exact) mass is 378 g/mol. The Morgan fingerprint density at radius 2 is 2.20 bits per heavy atom. The van der Waals surface area contributed by atoms with E-state index in [1.54, 1.807) is 12.1 Å². The first-order valence-corrected chi connectivity index (χ1v) is 9.54. The van der Waals surface area contributed by atoms with Crippen LogP contribution in [0.4, 0.5) is 0 Å². The molecule has 0 aromatic carbocycles. The van der Waals surface area contributed by atoms with E-state index < -0.39 is 0 Å². The second-order valence-electron chi connectivity index (χ2n) is 6.72. The molecular weight excluding hydrogens is 356 g/mol. The molecule has 7 heteroatoms. The molecular formula is C18H23ClN4OS. The number of likely N-dealkylation sites (tertiary alicyclic amines) is 1. The summed E-state index contributed by atoms with van der Waals surface area (Å²) in [6.45, 7) is 3.53. The Labute approximate surface area is 157 Å². The normalized spacial score (nSPS) is 21.0. The molecule has 0 aliphatic carbocycles. The second kappa shape index (κ2) is 8.27. The van der Waals surface area contributed by atoms with Crippen molar-refractivity contribution < 1.29 is 4.79 Å². The minimum absolute atomic E-state index is 0.0367. The highest BCUT2D eigenvalue weighted by Crippen LogP contribution is 2.23. The van der Waals surface area contributed by atoms with Crippen molar-refractivity contribution in [3.05, 3.63) is 51.4 Å². The molecule has 2 atom stereocenters. The maximum atomic E-state index is 12.5. The first kappa shape index (κ1) is 18.3. The van der Waals surface area contributed by atoms with Gasteiger partial charge in [0, 0.05) is 44.3 Å². The molecule has 134 valence electrons. The molecule has 2 aromatic heterocycles. The van der Waals surface area contributed by atoms with Crippen molar-refractivity contribution in [2.45, 2.75) is 12.6 Å². The lowest BCUT2D eigenvalue weighted by Crippen LogP contribution is -2.43. The number of nitrogens with zero attached hydrogens (tertiary/aromatic N) is 3. The van der Waals surface area contributed by atoms with Crippen LogP contribution in [0.1, 0.15) is 15.4 Å². The largest absolute Gasteiger partial charge is 0.347 e. The SMILES string of the molecule is CN(C)C[C@@H]1CN(Cc2ccccn2)C[C@H]1NC(=O)c1ccc(Cl)s1. The Hall–Kier alpha value is -1.47. The van der Waals surface area contributed by atoms with Gasteiger partial charge in [-0.2, -0.15) is 0 Å². The summed E-state index contributed by atoms with van der Waals surface area (Å²) in [5.74, 6) is 0.350. The number of hydrogen-bond acceptors (Lipinski definition) is 5. The molecule has 0 bridgehead atoms. The van der Waals surface area contributed by atoms with Gasteiger partial charge in [0.25, 0.3) is 5.91 Å². The molecule has 0 unspecified atom stereocenters. The highest BCUT2D eigenvalue weighted by molar-refractivity contribution is 7.18. The minimum atomic E-state index is -0.0367. The Bertz CT molecular complexity index is 706. The van der Waals surface area contributed by atoms with Crippen molar-refractivity contribution in [1.82, 2.24) is 20.1 Å². The zero-order valence-electron chi connectivity index (χ0n) is 14.5. The van der Waals surface area contributed by atoms with Crippen LogP contribution < -0.4 is 5.32 Å². The predicted molar refractivity (Wildman–Crippen MR) is 102 cm³/mol. The maximum absolute atomic E-state index is 12.5. The van der Waals surface area contributed by atoms with Crippen LogP contribution in [0.15, 0.2) is 36.5 Å². The Kier molecular flexibility index (Phi) is 6.06. The summed E-state index contributed by atoms with van der Waals surface area (Å²) < 4.78 is 0.637. The van der Waals surface area contributed by atoms with Gasteiger partial charge in [-0.1, -0.05) is 17.7 Å². The summed E-state index contributed by atoms with van der Waals surface area (Å²) in [5.41, 5.74) is 1.06. The van der Waals surface area contributed by atoms with Crippen molar-refractivity contribution in [3.63, 3.8) is 0 Å². The number of nitrogens with one attached hydrogen (secondary N) is 1. The number of hydrogen-bond donors (Lipinski definition) is 1. The number of thiophene rings is 1. The molecule has 1 fully saturated rings. The molecule has 1 saturated heterocycles. The summed E-state index contributed by atoms with van der Waals surface area (Å²) >= 11 is 7.27. The molecule has 1 N–H and O–H groups in total. The van der Waals surface area contributed by atoms with Crippen LogP contribution in [-0.2, 0) is 6.54 Å². The summed E-state index contributed by atoms with van der Waals surface area (Å²) in [6, 6.07) is 9.65. The highest BCUT2D eigenvalue weighted by atomic mass is 35.5. The van der Waals surface area contributed by atoms with E-state index in [0.29, 0.717) is 15.1 Å². The molecule has 25 heavy (non-hydrogen) atoms. The second-order valence-corrected chi connectivity index (χ2v) is 8.44. The van der Waals surface area contributed by atoms with Crippen LogP contribution in [0.5, 0.6) is 0 Å². The highest BCUT2D eigenvalue weighted by Gasteiger charge is 2.34. The van der Waals surface area contributed by atoms with Gasteiger partial charge in [-0.15, -0.1) is 11.3 Å². The van der Waals surface area contributed by atoms with E-state index in [1.165, 1.54) is 11.3 Å². The lowest BCUT2D eigenvalue weighted by Gasteiger charge is -2.22. The van der Waals surface area contributed by atoms with E-state index in [9.17, 15) is 4.79 Å². The van der Waals surface area contributed by atoms with Crippen LogP contribution in [-0.4, -0.2) is 60.5 Å². The summed E-state index contributed by atoms with van der Waals surface area (Å²) in [4.78, 5) is 22.1. The number of rotatable bonds is 6. The van der Waals surface area contributed by atoms with Gasteiger partial charge < -0.3 is 10.2 Å². The van der Waals surface area contributed by atoms with E-state index in [4.69, 9.17) is 11.6 Å². The third kappa shape index (κ3) is 5.01. The number of carbonyl (C=O) groups excluding carboxylic acids is 1. The van der Waals surface area contributed by atoms with Gasteiger partial charge >= 0.3 is 0 Å². The Morgan fingerprint density at radius 3 is 2.84 bits per heavy atom. The molecule has 1 aliphatic rings. The fourth-order valence-electron chi connectivity index (χ4n) is 3.30. The molecule has 1 aliphatic heterocycles. The Balaban J connectivity index is 1.66. The molecule has 0 saturated carbocycles. The van der Waals surface area contributed by atoms with Crippen LogP contribution in [0.2, 0.25) is 4.34 Å². The molecule has 1 amide bonds. The van der Waals surface area contributed by atoms with Gasteiger partial charge in [-0.3, -0.25) is 14.7 Å². The van der Waals surface area contributed by atoms with Gasteiger partial charge in [-0.05, 0) is 38.4 Å². The van der Waals surface area contributed by atoms with Crippen molar-refractivity contribution in [2.24, 2.45) is 5.92 Å². The van der Waals surface area contributed by atoms with Crippen LogP contribution >= 0.6 is 22.9 Å². The molecule has 0 radical (unpaired) electrons. The summed E-state index contributed by atoms with van der Waals surface area (Å²) in [5, 5.41) is 3.20. The van der Waals surface area contributed by atoms with Crippen LogP contribution in [0, 0.1) is 5.92 Å². The number of aromatic nitrogens is 1. The number of carbonyl (C=O) groups is 1. The third-order valence-corrected chi connectivity index (χ3v) is 5.57. The van der Waals surface area contributed by atoms with Gasteiger partial charge in [0.05, 0.1) is 14.9 Å². The topological polar surface area (TPSA) is 48.5 Å². The summed E-state index contributed by atoms with van der Waals surface area (Å²) in [7, 11) is 4.14. The zero-order chi connectivity index (χ0) is 17.8. The maximum Gasteiger partial charge on any atom is 0.261 e. The van der Waals surface area contributed by atoms with Crippen LogP contribution in [0.25, 0.3) is 0 Å². The summed E-state index contributed by atoms with van der Waals surface area (Å²) in [6.07, 6.45) is 1.82. The van der Waals surface area contributed by atoms with E-state index in [2.05, 4.69) is 34.2 Å². The lowest BCUT2D eigenvalue weighted by atomic mass is 10.0. The van der Waals surface area contributed by atoms with E-state index in [0.717, 1.165) is 31.9 Å². The standard InChI is InChI=1S/C18H23ClN4OS/c1-22(2)9-13-10-23(11-14-5-3-4-8-20-14)12-15(13)21-18(24)16-6-7-17(19)25-16/h3-8,13,15H,9-12H2,1-2H3,(H,21,24)/t13-,15-/m1/s1. The number of pyridine rings is 1.